The summed E-state index contributed by atoms with van der Waals surface area (Å²) in [6, 6.07) is 3.41. The number of nitrogens with one attached hydrogen (secondary N) is 2. The fourth-order valence-electron chi connectivity index (χ4n) is 1.40. The molecule has 0 aliphatic heterocycles. The molecule has 0 saturated heterocycles. The van der Waals surface area contributed by atoms with Gasteiger partial charge in [-0.15, -0.1) is 0 Å². The average molecular weight is 249 g/mol. The zero-order valence-electron chi connectivity index (χ0n) is 10.6. The lowest BCUT2D eigenvalue weighted by Crippen LogP contribution is -2.34. The fraction of sp³-hybridized carbons (Fsp3) is 0.462. The zero-order chi connectivity index (χ0) is 13.2. The number of carbonyl (C=O) groups excluding carboxylic acids is 2. The second-order valence-electron chi connectivity index (χ2n) is 3.95. The summed E-state index contributed by atoms with van der Waals surface area (Å²) in [5.41, 5.74) is 0.523. The maximum atomic E-state index is 11.6. The molecule has 0 atom stereocenters. The predicted molar refractivity (Wildman–Crippen MR) is 69.1 cm³/mol. The lowest BCUT2D eigenvalue weighted by molar-refractivity contribution is -0.121. The molecule has 0 radical (unpaired) electrons. The third kappa shape index (κ3) is 5.43. The number of amides is 2. The Hall–Kier alpha value is -1.91. The Kier molecular flexibility index (Phi) is 6.46. The molecule has 2 N–H and O–H groups in total. The summed E-state index contributed by atoms with van der Waals surface area (Å²) in [5.74, 6) is -0.140. The van der Waals surface area contributed by atoms with E-state index in [4.69, 9.17) is 0 Å². The highest BCUT2D eigenvalue weighted by atomic mass is 16.2. The van der Waals surface area contributed by atoms with Crippen molar-refractivity contribution in [2.24, 2.45) is 0 Å². The van der Waals surface area contributed by atoms with Crippen LogP contribution in [0.3, 0.4) is 0 Å². The van der Waals surface area contributed by atoms with Gasteiger partial charge in [0.25, 0.3) is 5.91 Å². The summed E-state index contributed by atoms with van der Waals surface area (Å²) in [6.45, 7) is 2.92. The van der Waals surface area contributed by atoms with Gasteiger partial charge in [0.1, 0.15) is 0 Å². The highest BCUT2D eigenvalue weighted by Gasteiger charge is 2.04. The van der Waals surface area contributed by atoms with Crippen molar-refractivity contribution in [3.63, 3.8) is 0 Å². The van der Waals surface area contributed by atoms with Crippen LogP contribution < -0.4 is 10.6 Å². The smallest absolute Gasteiger partial charge is 0.252 e. The molecular weight excluding hydrogens is 230 g/mol. The second-order valence-corrected chi connectivity index (χ2v) is 3.95. The van der Waals surface area contributed by atoms with Crippen molar-refractivity contribution in [3.05, 3.63) is 30.1 Å². The van der Waals surface area contributed by atoms with Crippen LogP contribution in [0.2, 0.25) is 0 Å². The van der Waals surface area contributed by atoms with Gasteiger partial charge < -0.3 is 10.6 Å². The van der Waals surface area contributed by atoms with E-state index in [0.29, 0.717) is 25.1 Å². The van der Waals surface area contributed by atoms with Crippen molar-refractivity contribution in [1.82, 2.24) is 15.6 Å². The molecule has 0 aromatic carbocycles. The molecule has 0 bridgehead atoms. The summed E-state index contributed by atoms with van der Waals surface area (Å²) in [4.78, 5) is 26.7. The Morgan fingerprint density at radius 2 is 2.06 bits per heavy atom. The van der Waals surface area contributed by atoms with E-state index in [1.54, 1.807) is 18.3 Å². The van der Waals surface area contributed by atoms with E-state index in [2.05, 4.69) is 15.6 Å². The SMILES string of the molecule is CCCCC(=O)NCCNC(=O)c1cccnc1. The van der Waals surface area contributed by atoms with E-state index in [1.807, 2.05) is 6.92 Å². The molecular formula is C13H19N3O2. The minimum absolute atomic E-state index is 0.0347. The highest BCUT2D eigenvalue weighted by Crippen LogP contribution is 1.94. The summed E-state index contributed by atoms with van der Waals surface area (Å²) in [7, 11) is 0. The van der Waals surface area contributed by atoms with Crippen molar-refractivity contribution in [1.29, 1.82) is 0 Å². The van der Waals surface area contributed by atoms with Crippen LogP contribution in [0.4, 0.5) is 0 Å². The molecule has 0 unspecified atom stereocenters. The van der Waals surface area contributed by atoms with Gasteiger partial charge in [-0.3, -0.25) is 14.6 Å². The van der Waals surface area contributed by atoms with Gasteiger partial charge in [-0.1, -0.05) is 13.3 Å². The molecule has 1 aromatic heterocycles. The van der Waals surface area contributed by atoms with E-state index >= 15 is 0 Å². The van der Waals surface area contributed by atoms with E-state index in [-0.39, 0.29) is 11.8 Å². The van der Waals surface area contributed by atoms with E-state index < -0.39 is 0 Å². The summed E-state index contributed by atoms with van der Waals surface area (Å²) >= 11 is 0. The van der Waals surface area contributed by atoms with Gasteiger partial charge in [-0.25, -0.2) is 0 Å². The normalized spacial score (nSPS) is 9.83. The molecule has 98 valence electrons. The monoisotopic (exact) mass is 249 g/mol. The summed E-state index contributed by atoms with van der Waals surface area (Å²) < 4.78 is 0. The molecule has 0 aliphatic rings. The summed E-state index contributed by atoms with van der Waals surface area (Å²) in [5, 5.41) is 5.47. The van der Waals surface area contributed by atoms with Gasteiger partial charge >= 0.3 is 0 Å². The van der Waals surface area contributed by atoms with Crippen LogP contribution in [0.5, 0.6) is 0 Å². The molecule has 5 heteroatoms. The maximum absolute atomic E-state index is 11.6. The largest absolute Gasteiger partial charge is 0.354 e. The van der Waals surface area contributed by atoms with Crippen LogP contribution in [0.25, 0.3) is 0 Å². The number of aromatic nitrogens is 1. The number of carbonyl (C=O) groups is 2. The molecule has 0 aliphatic carbocycles. The first kappa shape index (κ1) is 14.2. The Bertz CT molecular complexity index is 379. The lowest BCUT2D eigenvalue weighted by Gasteiger charge is -2.06. The minimum Gasteiger partial charge on any atom is -0.354 e. The van der Waals surface area contributed by atoms with Crippen LogP contribution >= 0.6 is 0 Å². The number of unbranched alkanes of at least 4 members (excludes halogenated alkanes) is 1. The van der Waals surface area contributed by atoms with E-state index in [0.717, 1.165) is 12.8 Å². The Balaban J connectivity index is 2.15. The zero-order valence-corrected chi connectivity index (χ0v) is 10.6. The number of pyridine rings is 1. The van der Waals surface area contributed by atoms with Gasteiger partial charge in [-0.05, 0) is 18.6 Å². The van der Waals surface area contributed by atoms with Crippen LogP contribution in [0, 0.1) is 0 Å². The molecule has 1 rings (SSSR count). The number of hydrogen-bond acceptors (Lipinski definition) is 3. The number of hydrogen-bond donors (Lipinski definition) is 2. The van der Waals surface area contributed by atoms with Crippen LogP contribution in [0.15, 0.2) is 24.5 Å². The number of rotatable bonds is 7. The molecule has 2 amide bonds. The minimum atomic E-state index is -0.175. The van der Waals surface area contributed by atoms with Gasteiger partial charge in [0.15, 0.2) is 0 Å². The van der Waals surface area contributed by atoms with Crippen LogP contribution in [0.1, 0.15) is 36.5 Å². The first-order valence-electron chi connectivity index (χ1n) is 6.19. The van der Waals surface area contributed by atoms with Crippen molar-refractivity contribution in [2.45, 2.75) is 26.2 Å². The lowest BCUT2D eigenvalue weighted by atomic mass is 10.2. The van der Waals surface area contributed by atoms with Gasteiger partial charge in [0.2, 0.25) is 5.91 Å². The molecule has 5 nitrogen and oxygen atoms in total. The van der Waals surface area contributed by atoms with Crippen LogP contribution in [-0.2, 0) is 4.79 Å². The Labute approximate surface area is 107 Å². The van der Waals surface area contributed by atoms with E-state index in [1.165, 1.54) is 6.20 Å². The molecule has 1 heterocycles. The van der Waals surface area contributed by atoms with Crippen molar-refractivity contribution in [3.8, 4) is 0 Å². The van der Waals surface area contributed by atoms with Crippen molar-refractivity contribution in [2.75, 3.05) is 13.1 Å². The first-order chi connectivity index (χ1) is 8.74. The highest BCUT2D eigenvalue weighted by molar-refractivity contribution is 5.93. The molecule has 0 spiro atoms. The second kappa shape index (κ2) is 8.22. The van der Waals surface area contributed by atoms with Gasteiger partial charge in [0.05, 0.1) is 5.56 Å². The summed E-state index contributed by atoms with van der Waals surface area (Å²) in [6.07, 6.45) is 5.58. The van der Waals surface area contributed by atoms with Gasteiger partial charge in [0, 0.05) is 31.9 Å². The van der Waals surface area contributed by atoms with Crippen molar-refractivity contribution < 1.29 is 9.59 Å². The molecule has 0 saturated carbocycles. The topological polar surface area (TPSA) is 71.1 Å². The first-order valence-corrected chi connectivity index (χ1v) is 6.19. The Morgan fingerprint density at radius 3 is 2.72 bits per heavy atom. The average Bonchev–Trinajstić information content (AvgIpc) is 2.42. The molecule has 0 fully saturated rings. The van der Waals surface area contributed by atoms with Crippen molar-refractivity contribution >= 4 is 11.8 Å². The fourth-order valence-corrected chi connectivity index (χ4v) is 1.40. The third-order valence-corrected chi connectivity index (χ3v) is 2.41. The van der Waals surface area contributed by atoms with Gasteiger partial charge in [-0.2, -0.15) is 0 Å². The maximum Gasteiger partial charge on any atom is 0.252 e. The number of nitrogens with zero attached hydrogens (tertiary/aromatic N) is 1. The third-order valence-electron chi connectivity index (χ3n) is 2.41. The molecule has 1 aromatic rings. The standard InChI is InChI=1S/C13H19N3O2/c1-2-3-6-12(17)15-8-9-16-13(18)11-5-4-7-14-10-11/h4-5,7,10H,2-3,6,8-9H2,1H3,(H,15,17)(H,16,18). The predicted octanol–water partition coefficient (Wildman–Crippen LogP) is 1.12. The quantitative estimate of drug-likeness (QED) is 0.711. The van der Waals surface area contributed by atoms with Crippen LogP contribution in [-0.4, -0.2) is 29.9 Å². The Morgan fingerprint density at radius 1 is 1.28 bits per heavy atom. The molecule has 18 heavy (non-hydrogen) atoms. The van der Waals surface area contributed by atoms with E-state index in [9.17, 15) is 9.59 Å².